The number of carbonyl (C=O) groups excluding carboxylic acids is 1. The van der Waals surface area contributed by atoms with Gasteiger partial charge in [-0.1, -0.05) is 17.7 Å². The Labute approximate surface area is 127 Å². The van der Waals surface area contributed by atoms with Gasteiger partial charge in [0.1, 0.15) is 6.61 Å². The number of ether oxygens (including phenoxy) is 1. The first kappa shape index (κ1) is 13.9. The van der Waals surface area contributed by atoms with E-state index in [4.69, 9.17) is 16.3 Å². The second kappa shape index (κ2) is 5.41. The fourth-order valence-electron chi connectivity index (χ4n) is 2.51. The summed E-state index contributed by atoms with van der Waals surface area (Å²) in [5, 5.41) is 8.01. The lowest BCUT2D eigenvalue weighted by Gasteiger charge is -2.21. The molecule has 2 heterocycles. The number of carbonyl (C=O) groups is 1. The van der Waals surface area contributed by atoms with Gasteiger partial charge in [0.05, 0.1) is 34.1 Å². The van der Waals surface area contributed by atoms with E-state index in [1.54, 1.807) is 17.8 Å². The first-order chi connectivity index (χ1) is 10.1. The van der Waals surface area contributed by atoms with E-state index in [0.29, 0.717) is 22.9 Å². The molecule has 0 atom stereocenters. The summed E-state index contributed by atoms with van der Waals surface area (Å²) in [6.07, 6.45) is 0.204. The van der Waals surface area contributed by atoms with Crippen LogP contribution >= 0.6 is 11.6 Å². The average molecular weight is 306 g/mol. The number of hydrogen-bond acceptors (Lipinski definition) is 4. The minimum absolute atomic E-state index is 0.0274. The molecular weight excluding hydrogens is 290 g/mol. The Morgan fingerprint density at radius 1 is 1.52 bits per heavy atom. The third kappa shape index (κ3) is 2.49. The molecule has 110 valence electrons. The zero-order chi connectivity index (χ0) is 15.0. The van der Waals surface area contributed by atoms with Crippen LogP contribution in [-0.4, -0.2) is 28.7 Å². The lowest BCUT2D eigenvalue weighted by Crippen LogP contribution is -2.20. The number of halogens is 1. The van der Waals surface area contributed by atoms with Gasteiger partial charge in [0.2, 0.25) is 0 Å². The van der Waals surface area contributed by atoms with Crippen molar-refractivity contribution in [2.24, 2.45) is 7.05 Å². The topological polar surface area (TPSA) is 56.2 Å². The maximum absolute atomic E-state index is 12.6. The maximum Gasteiger partial charge on any atom is 0.172 e. The Morgan fingerprint density at radius 3 is 3.05 bits per heavy atom. The molecule has 1 aliphatic rings. The summed E-state index contributed by atoms with van der Waals surface area (Å²) in [4.78, 5) is 12.6. The van der Waals surface area contributed by atoms with Crippen LogP contribution in [0, 0.1) is 6.92 Å². The molecule has 0 saturated heterocycles. The molecule has 1 aromatic carbocycles. The number of aromatic nitrogens is 2. The van der Waals surface area contributed by atoms with Gasteiger partial charge in [0.25, 0.3) is 0 Å². The van der Waals surface area contributed by atoms with Gasteiger partial charge in [-0.2, -0.15) is 5.10 Å². The molecule has 2 aromatic rings. The van der Waals surface area contributed by atoms with Gasteiger partial charge in [0, 0.05) is 13.6 Å². The summed E-state index contributed by atoms with van der Waals surface area (Å²) in [5.74, 6) is 0.601. The molecule has 0 aliphatic carbocycles. The Bertz CT molecular complexity index is 709. The minimum atomic E-state index is -0.0274. The summed E-state index contributed by atoms with van der Waals surface area (Å²) in [5.41, 5.74) is 2.89. The first-order valence-electron chi connectivity index (χ1n) is 6.79. The zero-order valence-corrected chi connectivity index (χ0v) is 12.7. The Morgan fingerprint density at radius 2 is 2.33 bits per heavy atom. The van der Waals surface area contributed by atoms with Crippen LogP contribution in [0.5, 0.6) is 5.75 Å². The number of Topliss-reactive ketones (excluding diaryl/α,β-unsaturated/α-hetero) is 1. The van der Waals surface area contributed by atoms with Gasteiger partial charge in [-0.25, -0.2) is 0 Å². The number of rotatable bonds is 3. The van der Waals surface area contributed by atoms with E-state index in [1.807, 2.05) is 19.1 Å². The highest BCUT2D eigenvalue weighted by atomic mass is 35.5. The number of benzene rings is 1. The molecule has 0 radical (unpaired) electrons. The minimum Gasteiger partial charge on any atom is -0.489 e. The monoisotopic (exact) mass is 305 g/mol. The molecular formula is C15H16ClN3O2. The van der Waals surface area contributed by atoms with E-state index < -0.39 is 0 Å². The molecule has 21 heavy (non-hydrogen) atoms. The van der Waals surface area contributed by atoms with Gasteiger partial charge >= 0.3 is 0 Å². The highest BCUT2D eigenvalue weighted by Crippen LogP contribution is 2.32. The van der Waals surface area contributed by atoms with Crippen LogP contribution in [0.2, 0.25) is 5.02 Å². The van der Waals surface area contributed by atoms with Crippen molar-refractivity contribution in [1.82, 2.24) is 9.78 Å². The van der Waals surface area contributed by atoms with Crippen LogP contribution in [0.3, 0.4) is 0 Å². The zero-order valence-electron chi connectivity index (χ0n) is 11.9. The first-order valence-corrected chi connectivity index (χ1v) is 7.16. The van der Waals surface area contributed by atoms with Crippen molar-refractivity contribution < 1.29 is 9.53 Å². The van der Waals surface area contributed by atoms with Crippen molar-refractivity contribution in [2.75, 3.05) is 18.5 Å². The molecule has 0 saturated carbocycles. The summed E-state index contributed by atoms with van der Waals surface area (Å²) in [6, 6.07) is 5.54. The highest BCUT2D eigenvalue weighted by Gasteiger charge is 2.21. The van der Waals surface area contributed by atoms with E-state index in [9.17, 15) is 4.79 Å². The van der Waals surface area contributed by atoms with Gasteiger partial charge in [0.15, 0.2) is 11.5 Å². The van der Waals surface area contributed by atoms with Crippen molar-refractivity contribution in [3.8, 4) is 5.75 Å². The third-order valence-corrected chi connectivity index (χ3v) is 4.06. The predicted molar refractivity (Wildman–Crippen MR) is 81.4 cm³/mol. The van der Waals surface area contributed by atoms with Gasteiger partial charge < -0.3 is 10.1 Å². The van der Waals surface area contributed by atoms with Crippen molar-refractivity contribution in [1.29, 1.82) is 0 Å². The Hall–Kier alpha value is -2.01. The summed E-state index contributed by atoms with van der Waals surface area (Å²) in [6.45, 7) is 3.13. The van der Waals surface area contributed by atoms with Crippen molar-refractivity contribution >= 4 is 23.1 Å². The number of anilines is 1. The van der Waals surface area contributed by atoms with E-state index in [2.05, 4.69) is 10.4 Å². The van der Waals surface area contributed by atoms with Crippen LogP contribution in [0.4, 0.5) is 5.69 Å². The molecule has 0 bridgehead atoms. The smallest absolute Gasteiger partial charge is 0.172 e. The molecule has 0 fully saturated rings. The quantitative estimate of drug-likeness (QED) is 0.886. The van der Waals surface area contributed by atoms with Crippen LogP contribution in [0.15, 0.2) is 18.2 Å². The second-order valence-electron chi connectivity index (χ2n) is 5.03. The summed E-state index contributed by atoms with van der Waals surface area (Å²) in [7, 11) is 1.79. The lowest BCUT2D eigenvalue weighted by atomic mass is 10.0. The molecule has 0 unspecified atom stereocenters. The van der Waals surface area contributed by atoms with Crippen molar-refractivity contribution in [3.63, 3.8) is 0 Å². The van der Waals surface area contributed by atoms with E-state index >= 15 is 0 Å². The number of aryl methyl sites for hydroxylation is 2. The average Bonchev–Trinajstić information content (AvgIpc) is 2.73. The number of nitrogens with one attached hydrogen (secondary N) is 1. The number of nitrogens with zero attached hydrogens (tertiary/aromatic N) is 2. The lowest BCUT2D eigenvalue weighted by molar-refractivity contribution is 0.0986. The Balaban J connectivity index is 1.93. The summed E-state index contributed by atoms with van der Waals surface area (Å²) < 4.78 is 7.30. The number of para-hydroxylation sites is 1. The fraction of sp³-hybridized carbons (Fsp3) is 0.333. The molecule has 1 aromatic heterocycles. The molecule has 1 N–H and O–H groups in total. The predicted octanol–water partition coefficient (Wildman–Crippen LogP) is 2.61. The van der Waals surface area contributed by atoms with Crippen LogP contribution in [0.1, 0.15) is 21.7 Å². The fourth-order valence-corrected chi connectivity index (χ4v) is 2.74. The van der Waals surface area contributed by atoms with E-state index in [-0.39, 0.29) is 12.2 Å². The highest BCUT2D eigenvalue weighted by molar-refractivity contribution is 6.32. The van der Waals surface area contributed by atoms with E-state index in [1.165, 1.54) is 0 Å². The largest absolute Gasteiger partial charge is 0.489 e. The molecule has 3 rings (SSSR count). The molecule has 0 amide bonds. The molecule has 5 nitrogen and oxygen atoms in total. The van der Waals surface area contributed by atoms with Crippen LogP contribution in [-0.2, 0) is 13.5 Å². The SMILES string of the molecule is Cc1nn(C)c(CC(=O)c2cccc3c2OCCN3)c1Cl. The van der Waals surface area contributed by atoms with Gasteiger partial charge in [-0.15, -0.1) is 0 Å². The van der Waals surface area contributed by atoms with E-state index in [0.717, 1.165) is 23.6 Å². The number of ketones is 1. The molecule has 6 heteroatoms. The Kier molecular flexibility index (Phi) is 3.59. The molecule has 1 aliphatic heterocycles. The third-order valence-electron chi connectivity index (χ3n) is 3.57. The standard InChI is InChI=1S/C15H16ClN3O2/c1-9-14(16)12(19(2)18-9)8-13(20)10-4-3-5-11-15(10)21-7-6-17-11/h3-5,17H,6-8H2,1-2H3. The normalized spacial score (nSPS) is 13.3. The summed E-state index contributed by atoms with van der Waals surface area (Å²) >= 11 is 6.21. The molecule has 0 spiro atoms. The van der Waals surface area contributed by atoms with Gasteiger partial charge in [-0.3, -0.25) is 9.48 Å². The van der Waals surface area contributed by atoms with Crippen molar-refractivity contribution in [2.45, 2.75) is 13.3 Å². The van der Waals surface area contributed by atoms with Gasteiger partial charge in [-0.05, 0) is 19.1 Å². The number of fused-ring (bicyclic) bond motifs is 1. The van der Waals surface area contributed by atoms with Crippen molar-refractivity contribution in [3.05, 3.63) is 40.2 Å². The van der Waals surface area contributed by atoms with Crippen LogP contribution < -0.4 is 10.1 Å². The van der Waals surface area contributed by atoms with Crippen LogP contribution in [0.25, 0.3) is 0 Å². The maximum atomic E-state index is 12.6. The number of hydrogen-bond donors (Lipinski definition) is 1. The second-order valence-corrected chi connectivity index (χ2v) is 5.41.